The zero-order valence-corrected chi connectivity index (χ0v) is 10.5. The first kappa shape index (κ1) is 11.6. The van der Waals surface area contributed by atoms with Crippen molar-refractivity contribution in [2.24, 2.45) is 7.05 Å². The minimum Gasteiger partial charge on any atom is -0.478 e. The molecule has 4 nitrogen and oxygen atoms in total. The number of carboxylic acids is 1. The minimum atomic E-state index is -0.921. The summed E-state index contributed by atoms with van der Waals surface area (Å²) >= 11 is 0. The highest BCUT2D eigenvalue weighted by atomic mass is 16.4. The average molecular weight is 232 g/mol. The number of hydrogen-bond donors (Lipinski definition) is 1. The number of carbonyl (C=O) groups is 1. The summed E-state index contributed by atoms with van der Waals surface area (Å²) in [5.74, 6) is -0.921. The van der Waals surface area contributed by atoms with Crippen LogP contribution in [0.5, 0.6) is 0 Å². The fourth-order valence-electron chi connectivity index (χ4n) is 2.22. The molecule has 0 unspecified atom stereocenters. The highest BCUT2D eigenvalue weighted by molar-refractivity contribution is 5.94. The van der Waals surface area contributed by atoms with Gasteiger partial charge in [-0.1, -0.05) is 26.8 Å². The Morgan fingerprint density at radius 1 is 1.35 bits per heavy atom. The quantitative estimate of drug-likeness (QED) is 0.822. The summed E-state index contributed by atoms with van der Waals surface area (Å²) in [6, 6.07) is 5.08. The molecule has 0 aliphatic carbocycles. The van der Waals surface area contributed by atoms with Crippen LogP contribution in [0.3, 0.4) is 0 Å². The van der Waals surface area contributed by atoms with Gasteiger partial charge in [0.2, 0.25) is 0 Å². The molecule has 90 valence electrons. The highest BCUT2D eigenvalue weighted by Crippen LogP contribution is 2.29. The van der Waals surface area contributed by atoms with Crippen molar-refractivity contribution in [2.45, 2.75) is 26.2 Å². The first-order chi connectivity index (χ1) is 7.80. The molecule has 0 aliphatic heterocycles. The summed E-state index contributed by atoms with van der Waals surface area (Å²) in [4.78, 5) is 10.9. The first-order valence-electron chi connectivity index (χ1n) is 5.51. The predicted molar refractivity (Wildman–Crippen MR) is 66.4 cm³/mol. The van der Waals surface area contributed by atoms with E-state index < -0.39 is 5.97 Å². The fourth-order valence-corrected chi connectivity index (χ4v) is 2.22. The van der Waals surface area contributed by atoms with Gasteiger partial charge in [-0.05, 0) is 12.1 Å². The van der Waals surface area contributed by atoms with E-state index in [9.17, 15) is 4.79 Å². The van der Waals surface area contributed by atoms with Crippen LogP contribution in [-0.4, -0.2) is 20.9 Å². The molecule has 4 heteroatoms. The fraction of sp³-hybridized carbons (Fsp3) is 0.385. The molecule has 0 aliphatic rings. The zero-order valence-electron chi connectivity index (χ0n) is 10.5. The average Bonchev–Trinajstić information content (AvgIpc) is 2.51. The summed E-state index contributed by atoms with van der Waals surface area (Å²) in [5, 5.41) is 14.3. The molecule has 0 radical (unpaired) electrons. The van der Waals surface area contributed by atoms with Gasteiger partial charge in [0.15, 0.2) is 0 Å². The Bertz CT molecular complexity index is 591. The normalized spacial score (nSPS) is 12.0. The third-order valence-electron chi connectivity index (χ3n) is 2.79. The van der Waals surface area contributed by atoms with Crippen LogP contribution in [0.2, 0.25) is 0 Å². The van der Waals surface area contributed by atoms with Crippen LogP contribution >= 0.6 is 0 Å². The van der Waals surface area contributed by atoms with Crippen LogP contribution in [0.1, 0.15) is 36.8 Å². The van der Waals surface area contributed by atoms with Crippen molar-refractivity contribution < 1.29 is 9.90 Å². The molecule has 1 N–H and O–H groups in total. The highest BCUT2D eigenvalue weighted by Gasteiger charge is 2.22. The molecular weight excluding hydrogens is 216 g/mol. The van der Waals surface area contributed by atoms with E-state index >= 15 is 0 Å². The van der Waals surface area contributed by atoms with Crippen molar-refractivity contribution in [3.63, 3.8) is 0 Å². The van der Waals surface area contributed by atoms with Gasteiger partial charge in [-0.2, -0.15) is 5.10 Å². The van der Waals surface area contributed by atoms with Gasteiger partial charge in [-0.3, -0.25) is 4.68 Å². The van der Waals surface area contributed by atoms with Crippen LogP contribution in [0.15, 0.2) is 18.2 Å². The van der Waals surface area contributed by atoms with Crippen LogP contribution < -0.4 is 0 Å². The van der Waals surface area contributed by atoms with Gasteiger partial charge in [0, 0.05) is 17.8 Å². The van der Waals surface area contributed by atoms with Crippen LogP contribution in [-0.2, 0) is 12.5 Å². The summed E-state index contributed by atoms with van der Waals surface area (Å²) in [6.45, 7) is 6.36. The molecule has 0 saturated carbocycles. The third-order valence-corrected chi connectivity index (χ3v) is 2.79. The van der Waals surface area contributed by atoms with Gasteiger partial charge in [0.25, 0.3) is 0 Å². The maximum atomic E-state index is 10.9. The topological polar surface area (TPSA) is 55.1 Å². The Morgan fingerprint density at radius 3 is 2.53 bits per heavy atom. The summed E-state index contributed by atoms with van der Waals surface area (Å²) in [6.07, 6.45) is 0. The van der Waals surface area contributed by atoms with E-state index in [-0.39, 0.29) is 11.0 Å². The molecule has 0 fully saturated rings. The molecule has 0 amide bonds. The molecule has 0 spiro atoms. The smallest absolute Gasteiger partial charge is 0.335 e. The SMILES string of the molecule is Cn1nc2cc(C(=O)O)ccc2c1C(C)(C)C. The number of fused-ring (bicyclic) bond motifs is 1. The summed E-state index contributed by atoms with van der Waals surface area (Å²) < 4.78 is 1.83. The second kappa shape index (κ2) is 3.58. The van der Waals surface area contributed by atoms with Crippen LogP contribution in [0.4, 0.5) is 0 Å². The maximum Gasteiger partial charge on any atom is 0.335 e. The molecule has 17 heavy (non-hydrogen) atoms. The number of nitrogens with zero attached hydrogens (tertiary/aromatic N) is 2. The lowest BCUT2D eigenvalue weighted by Crippen LogP contribution is -2.16. The number of hydrogen-bond acceptors (Lipinski definition) is 2. The lowest BCUT2D eigenvalue weighted by atomic mass is 9.89. The minimum absolute atomic E-state index is 0.0196. The Hall–Kier alpha value is -1.84. The Labute approximate surface area is 99.9 Å². The summed E-state index contributed by atoms with van der Waals surface area (Å²) in [7, 11) is 1.89. The molecule has 0 bridgehead atoms. The largest absolute Gasteiger partial charge is 0.478 e. The van der Waals surface area contributed by atoms with E-state index in [0.717, 1.165) is 16.6 Å². The molecule has 1 aromatic heterocycles. The number of aryl methyl sites for hydroxylation is 1. The lowest BCUT2D eigenvalue weighted by Gasteiger charge is -2.19. The molecule has 1 aromatic carbocycles. The molecule has 0 saturated heterocycles. The standard InChI is InChI=1S/C13H16N2O2/c1-13(2,3)11-9-6-5-8(12(16)17)7-10(9)14-15(11)4/h5-7H,1-4H3,(H,16,17). The number of aromatic nitrogens is 2. The van der Waals surface area contributed by atoms with Gasteiger partial charge in [0.1, 0.15) is 0 Å². The monoisotopic (exact) mass is 232 g/mol. The van der Waals surface area contributed by atoms with Crippen molar-refractivity contribution in [1.29, 1.82) is 0 Å². The second-order valence-corrected chi connectivity index (χ2v) is 5.26. The molecule has 2 rings (SSSR count). The zero-order chi connectivity index (χ0) is 12.8. The summed E-state index contributed by atoms with van der Waals surface area (Å²) in [5.41, 5.74) is 2.10. The van der Waals surface area contributed by atoms with E-state index in [2.05, 4.69) is 25.9 Å². The van der Waals surface area contributed by atoms with E-state index in [1.807, 2.05) is 17.8 Å². The van der Waals surface area contributed by atoms with Gasteiger partial charge in [0.05, 0.1) is 16.8 Å². The number of rotatable bonds is 1. The van der Waals surface area contributed by atoms with E-state index in [1.54, 1.807) is 12.1 Å². The molecular formula is C13H16N2O2. The van der Waals surface area contributed by atoms with Gasteiger partial charge < -0.3 is 5.11 Å². The van der Waals surface area contributed by atoms with E-state index in [4.69, 9.17) is 5.11 Å². The molecule has 2 aromatic rings. The van der Waals surface area contributed by atoms with Crippen molar-refractivity contribution in [3.8, 4) is 0 Å². The number of benzene rings is 1. The number of aromatic carboxylic acids is 1. The Kier molecular flexibility index (Phi) is 2.45. The van der Waals surface area contributed by atoms with Crippen molar-refractivity contribution in [3.05, 3.63) is 29.5 Å². The van der Waals surface area contributed by atoms with Crippen molar-refractivity contribution in [1.82, 2.24) is 9.78 Å². The predicted octanol–water partition coefficient (Wildman–Crippen LogP) is 2.57. The Morgan fingerprint density at radius 2 is 2.00 bits per heavy atom. The van der Waals surface area contributed by atoms with Crippen LogP contribution in [0, 0.1) is 0 Å². The molecule has 1 heterocycles. The second-order valence-electron chi connectivity index (χ2n) is 5.26. The first-order valence-corrected chi connectivity index (χ1v) is 5.51. The van der Waals surface area contributed by atoms with Gasteiger partial charge >= 0.3 is 5.97 Å². The lowest BCUT2D eigenvalue weighted by molar-refractivity contribution is 0.0697. The van der Waals surface area contributed by atoms with Crippen molar-refractivity contribution in [2.75, 3.05) is 0 Å². The van der Waals surface area contributed by atoms with Crippen molar-refractivity contribution >= 4 is 16.9 Å². The van der Waals surface area contributed by atoms with Gasteiger partial charge in [-0.25, -0.2) is 4.79 Å². The maximum absolute atomic E-state index is 10.9. The molecule has 0 atom stereocenters. The van der Waals surface area contributed by atoms with E-state index in [1.165, 1.54) is 0 Å². The Balaban J connectivity index is 2.73. The van der Waals surface area contributed by atoms with Gasteiger partial charge in [-0.15, -0.1) is 0 Å². The van der Waals surface area contributed by atoms with E-state index in [0.29, 0.717) is 0 Å². The van der Waals surface area contributed by atoms with Crippen LogP contribution in [0.25, 0.3) is 10.9 Å². The number of carboxylic acid groups (broad SMARTS) is 1. The third kappa shape index (κ3) is 1.90.